The van der Waals surface area contributed by atoms with Crippen molar-refractivity contribution >= 4 is 5.69 Å². The smallest absolute Gasteiger partial charge is 0.310 e. The molecule has 0 spiro atoms. The minimum Gasteiger partial charge on any atom is -0.485 e. The molecule has 1 aromatic carbocycles. The van der Waals surface area contributed by atoms with Gasteiger partial charge in [0.05, 0.1) is 16.9 Å². The van der Waals surface area contributed by atoms with E-state index in [1.807, 2.05) is 13.0 Å². The summed E-state index contributed by atoms with van der Waals surface area (Å²) in [6, 6.07) is 6.66. The first-order valence-electron chi connectivity index (χ1n) is 4.82. The lowest BCUT2D eigenvalue weighted by atomic mass is 10.2. The van der Waals surface area contributed by atoms with Gasteiger partial charge in [-0.3, -0.25) is 10.1 Å². The Kier molecular flexibility index (Phi) is 3.84. The predicted octanol–water partition coefficient (Wildman–Crippen LogP) is 2.44. The van der Waals surface area contributed by atoms with E-state index in [0.717, 1.165) is 5.56 Å². The van der Waals surface area contributed by atoms with Crippen LogP contribution in [0.3, 0.4) is 0 Å². The van der Waals surface area contributed by atoms with Gasteiger partial charge in [-0.15, -0.1) is 0 Å². The number of aryl methyl sites for hydroxylation is 1. The third-order valence-electron chi connectivity index (χ3n) is 2.02. The number of nitro groups is 1. The standard InChI is InChI=1S/C11H12N2O3/c1-8-3-4-10(13(14)15)11(5-8)16-7-9(2)6-12/h3-5,9H,7H2,1-2H3. The van der Waals surface area contributed by atoms with Crippen LogP contribution < -0.4 is 4.74 Å². The Labute approximate surface area is 93.4 Å². The van der Waals surface area contributed by atoms with E-state index in [9.17, 15) is 10.1 Å². The van der Waals surface area contributed by atoms with Crippen molar-refractivity contribution in [2.45, 2.75) is 13.8 Å². The van der Waals surface area contributed by atoms with Gasteiger partial charge in [0, 0.05) is 6.07 Å². The van der Waals surface area contributed by atoms with E-state index in [1.165, 1.54) is 6.07 Å². The lowest BCUT2D eigenvalue weighted by Gasteiger charge is -2.08. The third kappa shape index (κ3) is 2.95. The van der Waals surface area contributed by atoms with Crippen molar-refractivity contribution in [3.05, 3.63) is 33.9 Å². The number of ether oxygens (including phenoxy) is 1. The quantitative estimate of drug-likeness (QED) is 0.576. The zero-order chi connectivity index (χ0) is 12.1. The Morgan fingerprint density at radius 3 is 2.88 bits per heavy atom. The first-order chi connectivity index (χ1) is 7.54. The monoisotopic (exact) mass is 220 g/mol. The molecule has 0 saturated carbocycles. The zero-order valence-corrected chi connectivity index (χ0v) is 9.14. The molecule has 0 N–H and O–H groups in total. The summed E-state index contributed by atoms with van der Waals surface area (Å²) in [5.74, 6) is -0.0767. The number of rotatable bonds is 4. The van der Waals surface area contributed by atoms with Crippen molar-refractivity contribution in [2.24, 2.45) is 5.92 Å². The van der Waals surface area contributed by atoms with Crippen LogP contribution in [0.25, 0.3) is 0 Å². The fraction of sp³-hybridized carbons (Fsp3) is 0.364. The van der Waals surface area contributed by atoms with Crippen molar-refractivity contribution in [3.8, 4) is 11.8 Å². The van der Waals surface area contributed by atoms with Crippen molar-refractivity contribution in [3.63, 3.8) is 0 Å². The SMILES string of the molecule is Cc1ccc([N+](=O)[O-])c(OCC(C)C#N)c1. The summed E-state index contributed by atoms with van der Waals surface area (Å²) in [6.07, 6.45) is 0. The van der Waals surface area contributed by atoms with Gasteiger partial charge in [0.1, 0.15) is 6.61 Å². The molecule has 0 aliphatic carbocycles. The van der Waals surface area contributed by atoms with Gasteiger partial charge in [-0.2, -0.15) is 5.26 Å². The highest BCUT2D eigenvalue weighted by Crippen LogP contribution is 2.27. The number of benzene rings is 1. The van der Waals surface area contributed by atoms with Crippen LogP contribution in [0.5, 0.6) is 5.75 Å². The second-order valence-electron chi connectivity index (χ2n) is 3.57. The van der Waals surface area contributed by atoms with E-state index in [0.29, 0.717) is 0 Å². The van der Waals surface area contributed by atoms with Crippen LogP contribution in [0, 0.1) is 34.3 Å². The largest absolute Gasteiger partial charge is 0.485 e. The molecule has 16 heavy (non-hydrogen) atoms. The topological polar surface area (TPSA) is 76.2 Å². The van der Waals surface area contributed by atoms with E-state index in [2.05, 4.69) is 0 Å². The van der Waals surface area contributed by atoms with E-state index in [1.54, 1.807) is 19.1 Å². The Balaban J connectivity index is 2.89. The highest BCUT2D eigenvalue weighted by molar-refractivity contribution is 5.48. The van der Waals surface area contributed by atoms with Gasteiger partial charge >= 0.3 is 5.69 Å². The lowest BCUT2D eigenvalue weighted by Crippen LogP contribution is -2.07. The average Bonchev–Trinajstić information content (AvgIpc) is 2.25. The molecule has 0 bridgehead atoms. The molecule has 0 aliphatic rings. The van der Waals surface area contributed by atoms with Crippen molar-refractivity contribution in [2.75, 3.05) is 6.61 Å². The lowest BCUT2D eigenvalue weighted by molar-refractivity contribution is -0.385. The molecule has 0 aromatic heterocycles. The van der Waals surface area contributed by atoms with Gasteiger partial charge in [0.2, 0.25) is 0 Å². The number of nitriles is 1. The van der Waals surface area contributed by atoms with Crippen molar-refractivity contribution < 1.29 is 9.66 Å². The van der Waals surface area contributed by atoms with Crippen LogP contribution in [-0.2, 0) is 0 Å². The van der Waals surface area contributed by atoms with Gasteiger partial charge in [0.25, 0.3) is 0 Å². The maximum Gasteiger partial charge on any atom is 0.310 e. The van der Waals surface area contributed by atoms with E-state index in [4.69, 9.17) is 10.00 Å². The van der Waals surface area contributed by atoms with Gasteiger partial charge < -0.3 is 4.74 Å². The Morgan fingerprint density at radius 2 is 2.31 bits per heavy atom. The average molecular weight is 220 g/mol. The summed E-state index contributed by atoms with van der Waals surface area (Å²) >= 11 is 0. The van der Waals surface area contributed by atoms with Crippen LogP contribution in [-0.4, -0.2) is 11.5 Å². The minimum atomic E-state index is -0.494. The third-order valence-corrected chi connectivity index (χ3v) is 2.02. The molecule has 5 heteroatoms. The molecular weight excluding hydrogens is 208 g/mol. The first-order valence-corrected chi connectivity index (χ1v) is 4.82. The molecule has 0 saturated heterocycles. The molecule has 0 amide bonds. The van der Waals surface area contributed by atoms with Crippen LogP contribution in [0.2, 0.25) is 0 Å². The fourth-order valence-electron chi connectivity index (χ4n) is 1.14. The molecule has 1 atom stereocenters. The maximum atomic E-state index is 10.7. The Bertz CT molecular complexity index is 437. The number of hydrogen-bond donors (Lipinski definition) is 0. The highest BCUT2D eigenvalue weighted by atomic mass is 16.6. The Hall–Kier alpha value is -2.09. The predicted molar refractivity (Wildman–Crippen MR) is 58.1 cm³/mol. The minimum absolute atomic E-state index is 0.0734. The normalized spacial score (nSPS) is 11.6. The maximum absolute atomic E-state index is 10.7. The highest BCUT2D eigenvalue weighted by Gasteiger charge is 2.15. The molecule has 5 nitrogen and oxygen atoms in total. The van der Waals surface area contributed by atoms with Gasteiger partial charge in [-0.1, -0.05) is 6.07 Å². The van der Waals surface area contributed by atoms with Crippen LogP contribution >= 0.6 is 0 Å². The second kappa shape index (κ2) is 5.12. The summed E-state index contributed by atoms with van der Waals surface area (Å²) in [5.41, 5.74) is 0.806. The van der Waals surface area contributed by atoms with Gasteiger partial charge in [-0.25, -0.2) is 0 Å². The molecule has 0 aliphatic heterocycles. The summed E-state index contributed by atoms with van der Waals surface area (Å²) < 4.78 is 5.27. The van der Waals surface area contributed by atoms with Gasteiger partial charge in [-0.05, 0) is 25.5 Å². The van der Waals surface area contributed by atoms with E-state index < -0.39 is 4.92 Å². The molecule has 0 heterocycles. The summed E-state index contributed by atoms with van der Waals surface area (Å²) in [4.78, 5) is 10.2. The molecule has 1 unspecified atom stereocenters. The van der Waals surface area contributed by atoms with Crippen LogP contribution in [0.4, 0.5) is 5.69 Å². The second-order valence-corrected chi connectivity index (χ2v) is 3.57. The summed E-state index contributed by atoms with van der Waals surface area (Å²) in [7, 11) is 0. The van der Waals surface area contributed by atoms with Crippen LogP contribution in [0.1, 0.15) is 12.5 Å². The molecule has 1 rings (SSSR count). The molecular formula is C11H12N2O3. The Morgan fingerprint density at radius 1 is 1.62 bits per heavy atom. The van der Waals surface area contributed by atoms with Gasteiger partial charge in [0.15, 0.2) is 5.75 Å². The van der Waals surface area contributed by atoms with Crippen LogP contribution in [0.15, 0.2) is 18.2 Å². The number of nitro benzene ring substituents is 1. The van der Waals surface area contributed by atoms with E-state index in [-0.39, 0.29) is 24.0 Å². The zero-order valence-electron chi connectivity index (χ0n) is 9.14. The molecule has 1 aromatic rings. The molecule has 0 fully saturated rings. The summed E-state index contributed by atoms with van der Waals surface area (Å²) in [5, 5.41) is 19.3. The number of hydrogen-bond acceptors (Lipinski definition) is 4. The fourth-order valence-corrected chi connectivity index (χ4v) is 1.14. The van der Waals surface area contributed by atoms with E-state index >= 15 is 0 Å². The van der Waals surface area contributed by atoms with Crippen molar-refractivity contribution in [1.29, 1.82) is 5.26 Å². The summed E-state index contributed by atoms with van der Waals surface area (Å²) in [6.45, 7) is 3.67. The van der Waals surface area contributed by atoms with Crippen molar-refractivity contribution in [1.82, 2.24) is 0 Å². The first kappa shape index (κ1) is 12.0. The molecule has 84 valence electrons. The molecule has 0 radical (unpaired) electrons. The number of nitrogens with zero attached hydrogens (tertiary/aromatic N) is 2.